The first-order chi connectivity index (χ1) is 17.2. The van der Waals surface area contributed by atoms with Crippen molar-refractivity contribution in [2.45, 2.75) is 30.8 Å². The van der Waals surface area contributed by atoms with E-state index in [1.807, 2.05) is 0 Å². The predicted octanol–water partition coefficient (Wildman–Crippen LogP) is 4.85. The minimum absolute atomic E-state index is 0.0456. The van der Waals surface area contributed by atoms with Crippen molar-refractivity contribution in [2.75, 3.05) is 17.9 Å². The maximum Gasteiger partial charge on any atom is 0.264 e. The van der Waals surface area contributed by atoms with E-state index < -0.39 is 28.5 Å². The summed E-state index contributed by atoms with van der Waals surface area (Å²) in [7, 11) is -2.59. The van der Waals surface area contributed by atoms with E-state index in [2.05, 4.69) is 21.2 Å². The standard InChI is InChI=1S/C26H27BrClN3O4S/c1-3-24(26(33)29-2)30(17-19-9-7-8-12-23(19)28)25(32)18-31(21-15-13-20(27)14-16-21)36(34,35)22-10-5-4-6-11-22/h4-16,24H,3,17-18H2,1-2H3,(H,29,33)/t24-/m0/s1. The summed E-state index contributed by atoms with van der Waals surface area (Å²) in [4.78, 5) is 27.9. The number of carbonyl (C=O) groups is 2. The van der Waals surface area contributed by atoms with Crippen molar-refractivity contribution < 1.29 is 18.0 Å². The summed E-state index contributed by atoms with van der Waals surface area (Å²) >= 11 is 9.71. The lowest BCUT2D eigenvalue weighted by Crippen LogP contribution is -2.51. The van der Waals surface area contributed by atoms with Gasteiger partial charge in [-0.25, -0.2) is 8.42 Å². The van der Waals surface area contributed by atoms with Crippen molar-refractivity contribution in [3.05, 3.63) is 93.9 Å². The van der Waals surface area contributed by atoms with Crippen LogP contribution in [0.1, 0.15) is 18.9 Å². The SMILES string of the molecule is CC[C@@H](C(=O)NC)N(Cc1ccccc1Cl)C(=O)CN(c1ccc(Br)cc1)S(=O)(=O)c1ccccc1. The van der Waals surface area contributed by atoms with E-state index in [-0.39, 0.29) is 17.3 Å². The Balaban J connectivity index is 2.05. The first kappa shape index (κ1) is 27.7. The predicted molar refractivity (Wildman–Crippen MR) is 145 cm³/mol. The van der Waals surface area contributed by atoms with Crippen molar-refractivity contribution in [2.24, 2.45) is 0 Å². The van der Waals surface area contributed by atoms with E-state index in [4.69, 9.17) is 11.6 Å². The van der Waals surface area contributed by atoms with Crippen LogP contribution in [0.3, 0.4) is 0 Å². The summed E-state index contributed by atoms with van der Waals surface area (Å²) in [5, 5.41) is 3.04. The molecule has 0 fully saturated rings. The molecular formula is C26H27BrClN3O4S. The minimum atomic E-state index is -4.09. The second kappa shape index (κ2) is 12.4. The van der Waals surface area contributed by atoms with E-state index in [9.17, 15) is 18.0 Å². The Morgan fingerprint density at radius 1 is 0.972 bits per heavy atom. The molecular weight excluding hydrogens is 566 g/mol. The van der Waals surface area contributed by atoms with Crippen LogP contribution >= 0.6 is 27.5 Å². The van der Waals surface area contributed by atoms with Gasteiger partial charge in [-0.1, -0.05) is 70.9 Å². The fraction of sp³-hybridized carbons (Fsp3) is 0.231. The van der Waals surface area contributed by atoms with Crippen LogP contribution in [-0.2, 0) is 26.2 Å². The Hall–Kier alpha value is -2.88. The zero-order valence-electron chi connectivity index (χ0n) is 19.9. The number of nitrogens with zero attached hydrogens (tertiary/aromatic N) is 2. The normalized spacial score (nSPS) is 12.0. The molecule has 3 aromatic carbocycles. The molecule has 0 heterocycles. The highest BCUT2D eigenvalue weighted by Crippen LogP contribution is 2.27. The van der Waals surface area contributed by atoms with Gasteiger partial charge in [-0.15, -0.1) is 0 Å². The molecule has 0 unspecified atom stereocenters. The monoisotopic (exact) mass is 591 g/mol. The molecule has 36 heavy (non-hydrogen) atoms. The molecule has 0 aliphatic rings. The highest BCUT2D eigenvalue weighted by atomic mass is 79.9. The van der Waals surface area contributed by atoms with Crippen LogP contribution in [0, 0.1) is 0 Å². The molecule has 190 valence electrons. The summed E-state index contributed by atoms with van der Waals surface area (Å²) < 4.78 is 29.1. The third-order valence-corrected chi connectivity index (χ3v) is 8.34. The number of benzene rings is 3. The lowest BCUT2D eigenvalue weighted by molar-refractivity contribution is -0.140. The fourth-order valence-electron chi connectivity index (χ4n) is 3.75. The molecule has 0 aliphatic heterocycles. The number of amides is 2. The third kappa shape index (κ3) is 6.46. The van der Waals surface area contributed by atoms with Gasteiger partial charge in [0.15, 0.2) is 0 Å². The van der Waals surface area contributed by atoms with Gasteiger partial charge >= 0.3 is 0 Å². The minimum Gasteiger partial charge on any atom is -0.357 e. The molecule has 0 aromatic heterocycles. The number of rotatable bonds is 10. The molecule has 0 bridgehead atoms. The zero-order valence-corrected chi connectivity index (χ0v) is 23.1. The Morgan fingerprint density at radius 2 is 1.58 bits per heavy atom. The zero-order chi connectivity index (χ0) is 26.3. The summed E-state index contributed by atoms with van der Waals surface area (Å²) in [6, 6.07) is 20.8. The van der Waals surface area contributed by atoms with Crippen molar-refractivity contribution in [3.8, 4) is 0 Å². The molecule has 0 aliphatic carbocycles. The third-order valence-electron chi connectivity index (χ3n) is 5.66. The molecule has 10 heteroatoms. The van der Waals surface area contributed by atoms with Crippen LogP contribution in [0.5, 0.6) is 0 Å². The number of carbonyl (C=O) groups excluding carboxylic acids is 2. The van der Waals surface area contributed by atoms with Gasteiger partial charge in [-0.2, -0.15) is 0 Å². The highest BCUT2D eigenvalue weighted by molar-refractivity contribution is 9.10. The summed E-state index contributed by atoms with van der Waals surface area (Å²) in [5.41, 5.74) is 0.970. The number of nitrogens with one attached hydrogen (secondary N) is 1. The van der Waals surface area contributed by atoms with Gasteiger partial charge in [-0.3, -0.25) is 13.9 Å². The van der Waals surface area contributed by atoms with Crippen LogP contribution in [0.25, 0.3) is 0 Å². The molecule has 0 saturated heterocycles. The number of likely N-dealkylation sites (N-methyl/N-ethyl adjacent to an activating group) is 1. The van der Waals surface area contributed by atoms with Crippen molar-refractivity contribution in [1.29, 1.82) is 0 Å². The Labute approximate surface area is 225 Å². The average Bonchev–Trinajstić information content (AvgIpc) is 2.89. The summed E-state index contributed by atoms with van der Waals surface area (Å²) in [6.07, 6.45) is 0.333. The van der Waals surface area contributed by atoms with Crippen LogP contribution in [-0.4, -0.2) is 44.8 Å². The molecule has 0 saturated carbocycles. The largest absolute Gasteiger partial charge is 0.357 e. The molecule has 7 nitrogen and oxygen atoms in total. The fourth-order valence-corrected chi connectivity index (χ4v) is 5.65. The van der Waals surface area contributed by atoms with Crippen LogP contribution in [0.4, 0.5) is 5.69 Å². The van der Waals surface area contributed by atoms with Crippen molar-refractivity contribution in [1.82, 2.24) is 10.2 Å². The maximum atomic E-state index is 13.8. The summed E-state index contributed by atoms with van der Waals surface area (Å²) in [5.74, 6) is -0.883. The number of hydrogen-bond acceptors (Lipinski definition) is 4. The summed E-state index contributed by atoms with van der Waals surface area (Å²) in [6.45, 7) is 1.33. The van der Waals surface area contributed by atoms with Crippen LogP contribution in [0.2, 0.25) is 5.02 Å². The quantitative estimate of drug-likeness (QED) is 0.365. The van der Waals surface area contributed by atoms with Gasteiger partial charge in [-0.05, 0) is 54.4 Å². The smallest absolute Gasteiger partial charge is 0.264 e. The van der Waals surface area contributed by atoms with Crippen LogP contribution < -0.4 is 9.62 Å². The van der Waals surface area contributed by atoms with E-state index in [0.29, 0.717) is 22.7 Å². The van der Waals surface area contributed by atoms with Gasteiger partial charge in [0.2, 0.25) is 11.8 Å². The second-order valence-electron chi connectivity index (χ2n) is 7.95. The Kier molecular flexibility index (Phi) is 9.53. The van der Waals surface area contributed by atoms with E-state index in [1.165, 1.54) is 24.1 Å². The molecule has 0 spiro atoms. The van der Waals surface area contributed by atoms with Crippen LogP contribution in [0.15, 0.2) is 88.2 Å². The number of hydrogen-bond donors (Lipinski definition) is 1. The van der Waals surface area contributed by atoms with Crippen molar-refractivity contribution >= 4 is 55.1 Å². The van der Waals surface area contributed by atoms with E-state index in [1.54, 1.807) is 73.7 Å². The first-order valence-electron chi connectivity index (χ1n) is 11.3. The molecule has 3 aromatic rings. The number of sulfonamides is 1. The number of halogens is 2. The molecule has 1 N–H and O–H groups in total. The Morgan fingerprint density at radius 3 is 2.17 bits per heavy atom. The molecule has 3 rings (SSSR count). The lowest BCUT2D eigenvalue weighted by Gasteiger charge is -2.33. The first-order valence-corrected chi connectivity index (χ1v) is 13.9. The van der Waals surface area contributed by atoms with Gasteiger partial charge in [0.05, 0.1) is 10.6 Å². The van der Waals surface area contributed by atoms with Gasteiger partial charge < -0.3 is 10.2 Å². The van der Waals surface area contributed by atoms with E-state index >= 15 is 0 Å². The van der Waals surface area contributed by atoms with Crippen molar-refractivity contribution in [3.63, 3.8) is 0 Å². The highest BCUT2D eigenvalue weighted by Gasteiger charge is 2.33. The van der Waals surface area contributed by atoms with Gasteiger partial charge in [0, 0.05) is 23.1 Å². The number of anilines is 1. The van der Waals surface area contributed by atoms with Gasteiger partial charge in [0.1, 0.15) is 12.6 Å². The Bertz CT molecular complexity index is 1300. The molecule has 2 amide bonds. The second-order valence-corrected chi connectivity index (χ2v) is 11.1. The van der Waals surface area contributed by atoms with E-state index in [0.717, 1.165) is 8.78 Å². The maximum absolute atomic E-state index is 13.8. The average molecular weight is 593 g/mol. The topological polar surface area (TPSA) is 86.8 Å². The lowest BCUT2D eigenvalue weighted by atomic mass is 10.1. The van der Waals surface area contributed by atoms with Gasteiger partial charge in [0.25, 0.3) is 10.0 Å². The molecule has 0 radical (unpaired) electrons. The molecule has 1 atom stereocenters.